The predicted octanol–water partition coefficient (Wildman–Crippen LogP) is 7.83. The molecule has 2 aromatic carbocycles. The number of H-pyrrole nitrogens is 2. The van der Waals surface area contributed by atoms with Crippen LogP contribution in [-0.2, 0) is 10.8 Å². The number of hydrogen-bond acceptors (Lipinski definition) is 4. The van der Waals surface area contributed by atoms with Crippen LogP contribution in [0.4, 0.5) is 0 Å². The Labute approximate surface area is 222 Å². The highest BCUT2D eigenvalue weighted by molar-refractivity contribution is 5.81. The van der Waals surface area contributed by atoms with Crippen molar-refractivity contribution >= 4 is 22.1 Å². The summed E-state index contributed by atoms with van der Waals surface area (Å²) < 4.78 is 0. The number of rotatable bonds is 3. The predicted molar refractivity (Wildman–Crippen MR) is 155 cm³/mol. The standard InChI is InChI=1S/C32H32N6/c1-31(2,3)21-9-13-25-27(15-21)37-29(35-25)19-7-11-23(33-17-19)24-12-8-20(18-34-24)30-36-26-14-10-22(32(4,5)6)16-28(26)38-30/h7-18H,1-6H3,(H,35,37)(H,36,38). The summed E-state index contributed by atoms with van der Waals surface area (Å²) in [5.41, 5.74) is 10.2. The first-order valence-electron chi connectivity index (χ1n) is 13.0. The van der Waals surface area contributed by atoms with Gasteiger partial charge < -0.3 is 9.97 Å². The minimum Gasteiger partial charge on any atom is -0.338 e. The van der Waals surface area contributed by atoms with E-state index in [1.807, 2.05) is 36.7 Å². The Morgan fingerprint density at radius 1 is 0.526 bits per heavy atom. The Morgan fingerprint density at radius 2 is 0.947 bits per heavy atom. The van der Waals surface area contributed by atoms with Crippen LogP contribution in [0, 0.1) is 0 Å². The van der Waals surface area contributed by atoms with Crippen LogP contribution in [0.25, 0.3) is 56.2 Å². The highest BCUT2D eigenvalue weighted by Crippen LogP contribution is 2.29. The van der Waals surface area contributed by atoms with Gasteiger partial charge in [-0.15, -0.1) is 0 Å². The Bertz CT molecular complexity index is 1630. The van der Waals surface area contributed by atoms with Gasteiger partial charge in [-0.2, -0.15) is 0 Å². The molecule has 0 aliphatic heterocycles. The normalized spacial score (nSPS) is 12.5. The summed E-state index contributed by atoms with van der Waals surface area (Å²) >= 11 is 0. The highest BCUT2D eigenvalue weighted by atomic mass is 14.9. The molecule has 0 aliphatic rings. The average Bonchev–Trinajstić information content (AvgIpc) is 3.51. The number of imidazole rings is 2. The summed E-state index contributed by atoms with van der Waals surface area (Å²) in [6.45, 7) is 13.3. The lowest BCUT2D eigenvalue weighted by Gasteiger charge is -2.18. The summed E-state index contributed by atoms with van der Waals surface area (Å²) in [4.78, 5) is 25.8. The maximum atomic E-state index is 4.77. The number of nitrogens with one attached hydrogen (secondary N) is 2. The van der Waals surface area contributed by atoms with Crippen molar-refractivity contribution in [3.63, 3.8) is 0 Å². The second kappa shape index (κ2) is 8.62. The van der Waals surface area contributed by atoms with Crippen LogP contribution < -0.4 is 0 Å². The number of pyridine rings is 2. The Hall–Kier alpha value is -4.32. The first-order chi connectivity index (χ1) is 18.0. The van der Waals surface area contributed by atoms with Gasteiger partial charge in [-0.1, -0.05) is 53.7 Å². The molecule has 0 spiro atoms. The maximum absolute atomic E-state index is 4.77. The maximum Gasteiger partial charge on any atom is 0.140 e. The topological polar surface area (TPSA) is 83.1 Å². The van der Waals surface area contributed by atoms with Gasteiger partial charge in [0.2, 0.25) is 0 Å². The molecule has 4 aromatic heterocycles. The SMILES string of the molecule is CC(C)(C)c1ccc2nc(-c3ccc(-c4ccc(-c5nc6ccc(C(C)(C)C)cc6[nH]5)cn4)nc3)[nH]c2c1. The summed E-state index contributed by atoms with van der Waals surface area (Å²) in [6, 6.07) is 20.9. The van der Waals surface area contributed by atoms with Gasteiger partial charge in [0.25, 0.3) is 0 Å². The van der Waals surface area contributed by atoms with Crippen molar-refractivity contribution in [3.8, 4) is 34.2 Å². The number of aromatic amines is 2. The summed E-state index contributed by atoms with van der Waals surface area (Å²) in [7, 11) is 0. The van der Waals surface area contributed by atoms with E-state index in [1.165, 1.54) is 11.1 Å². The van der Waals surface area contributed by atoms with Gasteiger partial charge in [-0.05, 0) is 70.5 Å². The minimum absolute atomic E-state index is 0.0887. The molecule has 4 heterocycles. The molecule has 0 fully saturated rings. The Morgan fingerprint density at radius 3 is 1.29 bits per heavy atom. The number of benzene rings is 2. The summed E-state index contributed by atoms with van der Waals surface area (Å²) in [5.74, 6) is 1.63. The van der Waals surface area contributed by atoms with Crippen molar-refractivity contribution in [2.24, 2.45) is 0 Å². The minimum atomic E-state index is 0.0887. The third-order valence-electron chi connectivity index (χ3n) is 7.03. The average molecular weight is 501 g/mol. The third-order valence-corrected chi connectivity index (χ3v) is 7.03. The van der Waals surface area contributed by atoms with E-state index < -0.39 is 0 Å². The molecule has 6 rings (SSSR count). The van der Waals surface area contributed by atoms with Gasteiger partial charge in [-0.25, -0.2) is 9.97 Å². The van der Waals surface area contributed by atoms with Gasteiger partial charge in [0.1, 0.15) is 11.6 Å². The van der Waals surface area contributed by atoms with E-state index in [0.29, 0.717) is 0 Å². The van der Waals surface area contributed by atoms with Gasteiger partial charge in [-0.3, -0.25) is 9.97 Å². The molecule has 2 N–H and O–H groups in total. The molecule has 6 heteroatoms. The Kier molecular flexibility index (Phi) is 5.45. The first kappa shape index (κ1) is 24.0. The lowest BCUT2D eigenvalue weighted by molar-refractivity contribution is 0.590. The molecule has 0 atom stereocenters. The smallest absolute Gasteiger partial charge is 0.140 e. The number of nitrogens with zero attached hydrogens (tertiary/aromatic N) is 4. The molecule has 6 aromatic rings. The van der Waals surface area contributed by atoms with Crippen molar-refractivity contribution in [2.75, 3.05) is 0 Å². The van der Waals surface area contributed by atoms with E-state index in [-0.39, 0.29) is 10.8 Å². The van der Waals surface area contributed by atoms with E-state index >= 15 is 0 Å². The summed E-state index contributed by atoms with van der Waals surface area (Å²) in [5, 5.41) is 0. The molecule has 38 heavy (non-hydrogen) atoms. The second-order valence-electron chi connectivity index (χ2n) is 12.0. The zero-order valence-corrected chi connectivity index (χ0v) is 22.7. The number of aromatic nitrogens is 6. The zero-order valence-electron chi connectivity index (χ0n) is 22.7. The largest absolute Gasteiger partial charge is 0.338 e. The van der Waals surface area contributed by atoms with Gasteiger partial charge in [0.15, 0.2) is 0 Å². The lowest BCUT2D eigenvalue weighted by atomic mass is 9.87. The Balaban J connectivity index is 1.24. The zero-order chi connectivity index (χ0) is 26.7. The van der Waals surface area contributed by atoms with Crippen molar-refractivity contribution in [3.05, 3.63) is 84.2 Å². The molecular formula is C32H32N6. The van der Waals surface area contributed by atoms with E-state index in [9.17, 15) is 0 Å². The second-order valence-corrected chi connectivity index (χ2v) is 12.0. The highest BCUT2D eigenvalue weighted by Gasteiger charge is 2.17. The molecule has 0 aliphatic carbocycles. The van der Waals surface area contributed by atoms with E-state index in [4.69, 9.17) is 9.97 Å². The number of hydrogen-bond donors (Lipinski definition) is 2. The van der Waals surface area contributed by atoms with Crippen molar-refractivity contribution in [1.82, 2.24) is 29.9 Å². The quantitative estimate of drug-likeness (QED) is 0.259. The van der Waals surface area contributed by atoms with Crippen molar-refractivity contribution < 1.29 is 0 Å². The van der Waals surface area contributed by atoms with Gasteiger partial charge in [0.05, 0.1) is 33.5 Å². The monoisotopic (exact) mass is 500 g/mol. The van der Waals surface area contributed by atoms with E-state index in [1.54, 1.807) is 0 Å². The van der Waals surface area contributed by atoms with E-state index in [0.717, 1.165) is 56.2 Å². The molecule has 0 saturated heterocycles. The fraction of sp³-hybridized carbons (Fsp3) is 0.250. The van der Waals surface area contributed by atoms with Crippen LogP contribution in [0.3, 0.4) is 0 Å². The van der Waals surface area contributed by atoms with E-state index in [2.05, 4.69) is 97.9 Å². The van der Waals surface area contributed by atoms with Crippen LogP contribution in [0.1, 0.15) is 52.7 Å². The van der Waals surface area contributed by atoms with Crippen LogP contribution in [0.2, 0.25) is 0 Å². The molecule has 0 radical (unpaired) electrons. The number of fused-ring (bicyclic) bond motifs is 2. The van der Waals surface area contributed by atoms with Crippen LogP contribution in [0.15, 0.2) is 73.1 Å². The van der Waals surface area contributed by atoms with Crippen LogP contribution >= 0.6 is 0 Å². The molecule has 0 saturated carbocycles. The first-order valence-corrected chi connectivity index (χ1v) is 13.0. The molecule has 6 nitrogen and oxygen atoms in total. The lowest BCUT2D eigenvalue weighted by Crippen LogP contribution is -2.10. The summed E-state index contributed by atoms with van der Waals surface area (Å²) in [6.07, 6.45) is 3.69. The van der Waals surface area contributed by atoms with Crippen LogP contribution in [-0.4, -0.2) is 29.9 Å². The van der Waals surface area contributed by atoms with Gasteiger partial charge >= 0.3 is 0 Å². The van der Waals surface area contributed by atoms with Gasteiger partial charge in [0, 0.05) is 23.5 Å². The molecule has 0 unspecified atom stereocenters. The fourth-order valence-electron chi connectivity index (χ4n) is 4.60. The molecule has 0 amide bonds. The van der Waals surface area contributed by atoms with Crippen molar-refractivity contribution in [2.45, 2.75) is 52.4 Å². The molecule has 190 valence electrons. The molecule has 0 bridgehead atoms. The third kappa shape index (κ3) is 4.47. The fourth-order valence-corrected chi connectivity index (χ4v) is 4.60. The molecular weight excluding hydrogens is 468 g/mol. The van der Waals surface area contributed by atoms with Crippen molar-refractivity contribution in [1.29, 1.82) is 0 Å². The van der Waals surface area contributed by atoms with Crippen LogP contribution in [0.5, 0.6) is 0 Å².